The monoisotopic (exact) mass is 598 g/mol. The van der Waals surface area contributed by atoms with Crippen molar-refractivity contribution in [3.8, 4) is 33.9 Å². The Kier molecular flexibility index (Phi) is 7.20. The number of hydrogen-bond acceptors (Lipinski definition) is 7. The maximum absolute atomic E-state index is 14.6. The number of sulfonamides is 1. The van der Waals surface area contributed by atoms with Crippen molar-refractivity contribution in [2.45, 2.75) is 20.4 Å². The lowest BCUT2D eigenvalue weighted by atomic mass is 10.0. The highest BCUT2D eigenvalue weighted by atomic mass is 32.2. The van der Waals surface area contributed by atoms with Gasteiger partial charge in [0.05, 0.1) is 46.9 Å². The topological polar surface area (TPSA) is 158 Å². The van der Waals surface area contributed by atoms with E-state index in [9.17, 15) is 17.6 Å². The molecule has 0 unspecified atom stereocenters. The van der Waals surface area contributed by atoms with Gasteiger partial charge in [-0.05, 0) is 48.0 Å². The van der Waals surface area contributed by atoms with Crippen molar-refractivity contribution in [3.63, 3.8) is 0 Å². The van der Waals surface area contributed by atoms with Gasteiger partial charge in [0.2, 0.25) is 15.9 Å². The Morgan fingerprint density at radius 1 is 0.953 bits per heavy atom. The first-order chi connectivity index (χ1) is 20.5. The number of benzene rings is 1. The smallest absolute Gasteiger partial charge is 0.226 e. The van der Waals surface area contributed by atoms with E-state index in [1.54, 1.807) is 30.9 Å². The maximum atomic E-state index is 14.6. The summed E-state index contributed by atoms with van der Waals surface area (Å²) in [4.78, 5) is 28.9. The van der Waals surface area contributed by atoms with Gasteiger partial charge in [0.1, 0.15) is 11.5 Å². The molecule has 0 aliphatic carbocycles. The molecule has 218 valence electrons. The number of aromatic amines is 2. The molecule has 4 N–H and O–H groups in total. The van der Waals surface area contributed by atoms with Crippen molar-refractivity contribution >= 4 is 43.4 Å². The quantitative estimate of drug-likeness (QED) is 0.192. The van der Waals surface area contributed by atoms with Gasteiger partial charge < -0.3 is 10.3 Å². The predicted molar refractivity (Wildman–Crippen MR) is 163 cm³/mol. The molecule has 0 atom stereocenters. The average Bonchev–Trinajstić information content (AvgIpc) is 3.59. The van der Waals surface area contributed by atoms with Crippen LogP contribution in [0.3, 0.4) is 0 Å². The highest BCUT2D eigenvalue weighted by Crippen LogP contribution is 2.34. The number of halogens is 1. The number of carbonyl (C=O) groups is 1. The summed E-state index contributed by atoms with van der Waals surface area (Å²) in [6.45, 7) is 3.59. The first kappa shape index (κ1) is 28.1. The molecule has 1 aromatic carbocycles. The second kappa shape index (κ2) is 11.0. The summed E-state index contributed by atoms with van der Waals surface area (Å²) in [7, 11) is -3.45. The van der Waals surface area contributed by atoms with Gasteiger partial charge in [0.15, 0.2) is 0 Å². The Bertz CT molecular complexity index is 2120. The van der Waals surface area contributed by atoms with E-state index in [4.69, 9.17) is 0 Å². The second-order valence-electron chi connectivity index (χ2n) is 10.5. The summed E-state index contributed by atoms with van der Waals surface area (Å²) in [5.74, 6) is -0.774. The third-order valence-electron chi connectivity index (χ3n) is 6.85. The summed E-state index contributed by atoms with van der Waals surface area (Å²) in [6.07, 6.45) is 7.63. The predicted octanol–water partition coefficient (Wildman–Crippen LogP) is 5.01. The number of H-pyrrole nitrogens is 2. The average molecular weight is 599 g/mol. The molecule has 0 spiro atoms. The fraction of sp³-hybridized carbons (Fsp3) is 0.167. The zero-order valence-electron chi connectivity index (χ0n) is 23.4. The van der Waals surface area contributed by atoms with E-state index < -0.39 is 15.8 Å². The second-order valence-corrected chi connectivity index (χ2v) is 12.4. The van der Waals surface area contributed by atoms with E-state index in [0.717, 1.165) is 33.6 Å². The van der Waals surface area contributed by atoms with E-state index in [-0.39, 0.29) is 18.4 Å². The number of anilines is 1. The molecule has 0 fully saturated rings. The highest BCUT2D eigenvalue weighted by molar-refractivity contribution is 7.88. The standard InChI is InChI=1S/C30H27FN8O3S/c1-16(2)30(40)36-21-9-19(13-32-14-21)25-10-23-27(15-34-25)38-39-29(23)26-11-22-24(37-26)4-5-33-28(22)18-6-17(7-20(31)8-18)12-35-43(3,41)42/h4-11,13-16,35,37H,12H2,1-3H3,(H,36,40)(H,38,39). The number of aromatic nitrogens is 6. The van der Waals surface area contributed by atoms with Crippen molar-refractivity contribution in [2.24, 2.45) is 5.92 Å². The molecule has 5 heterocycles. The van der Waals surface area contributed by atoms with Crippen LogP contribution in [0, 0.1) is 11.7 Å². The van der Waals surface area contributed by atoms with Gasteiger partial charge in [-0.2, -0.15) is 5.10 Å². The Balaban J connectivity index is 1.38. The Morgan fingerprint density at radius 3 is 2.56 bits per heavy atom. The number of amides is 1. The van der Waals surface area contributed by atoms with Crippen LogP contribution in [-0.4, -0.2) is 50.7 Å². The number of nitrogens with one attached hydrogen (secondary N) is 4. The molecule has 5 aromatic heterocycles. The molecule has 0 saturated heterocycles. The molecule has 1 amide bonds. The van der Waals surface area contributed by atoms with Crippen LogP contribution in [0.4, 0.5) is 10.1 Å². The molecule has 6 aromatic rings. The zero-order valence-corrected chi connectivity index (χ0v) is 24.3. The van der Waals surface area contributed by atoms with Crippen molar-refractivity contribution in [1.29, 1.82) is 0 Å². The Hall–Kier alpha value is -5.01. The van der Waals surface area contributed by atoms with Crippen molar-refractivity contribution in [3.05, 3.63) is 78.6 Å². The van der Waals surface area contributed by atoms with E-state index >= 15 is 0 Å². The molecular weight excluding hydrogens is 571 g/mol. The van der Waals surface area contributed by atoms with Gasteiger partial charge in [-0.1, -0.05) is 13.8 Å². The molecule has 0 saturated carbocycles. The van der Waals surface area contributed by atoms with E-state index in [1.807, 2.05) is 38.1 Å². The molecule has 0 aliphatic rings. The van der Waals surface area contributed by atoms with Gasteiger partial charge in [-0.25, -0.2) is 17.5 Å². The summed E-state index contributed by atoms with van der Waals surface area (Å²) in [5, 5.41) is 12.0. The van der Waals surface area contributed by atoms with Crippen molar-refractivity contribution in [1.82, 2.24) is 34.9 Å². The van der Waals surface area contributed by atoms with Gasteiger partial charge >= 0.3 is 0 Å². The van der Waals surface area contributed by atoms with Crippen molar-refractivity contribution < 1.29 is 17.6 Å². The van der Waals surface area contributed by atoms with Gasteiger partial charge in [0, 0.05) is 52.3 Å². The van der Waals surface area contributed by atoms with E-state index in [0.29, 0.717) is 39.6 Å². The first-order valence-electron chi connectivity index (χ1n) is 13.4. The molecule has 0 radical (unpaired) electrons. The zero-order chi connectivity index (χ0) is 30.3. The SMILES string of the molecule is CC(C)C(=O)Nc1cncc(-c2cc3c(-c4cc5c(-c6cc(F)cc(CNS(C)(=O)=O)c6)nccc5[nH]4)n[nH]c3cn2)c1. The third kappa shape index (κ3) is 5.98. The summed E-state index contributed by atoms with van der Waals surface area (Å²) in [5.41, 5.74) is 6.32. The molecular formula is C30H27FN8O3S. The van der Waals surface area contributed by atoms with Crippen LogP contribution in [0.2, 0.25) is 0 Å². The number of nitrogens with zero attached hydrogens (tertiary/aromatic N) is 4. The van der Waals surface area contributed by atoms with Crippen LogP contribution in [0.1, 0.15) is 19.4 Å². The lowest BCUT2D eigenvalue weighted by Gasteiger charge is -2.08. The fourth-order valence-corrected chi connectivity index (χ4v) is 5.16. The molecule has 43 heavy (non-hydrogen) atoms. The lowest BCUT2D eigenvalue weighted by molar-refractivity contribution is -0.118. The summed E-state index contributed by atoms with van der Waals surface area (Å²) in [6, 6.07) is 11.8. The number of fused-ring (bicyclic) bond motifs is 2. The van der Waals surface area contributed by atoms with Crippen LogP contribution >= 0.6 is 0 Å². The summed E-state index contributed by atoms with van der Waals surface area (Å²) >= 11 is 0. The molecule has 0 aliphatic heterocycles. The van der Waals surface area contributed by atoms with Crippen LogP contribution in [0.25, 0.3) is 55.7 Å². The number of carbonyl (C=O) groups excluding carboxylic acids is 1. The van der Waals surface area contributed by atoms with Gasteiger partial charge in [0.25, 0.3) is 0 Å². The maximum Gasteiger partial charge on any atom is 0.226 e. The van der Waals surface area contributed by atoms with Crippen molar-refractivity contribution in [2.75, 3.05) is 11.6 Å². The van der Waals surface area contributed by atoms with Gasteiger partial charge in [-0.15, -0.1) is 0 Å². The molecule has 11 nitrogen and oxygen atoms in total. The van der Waals surface area contributed by atoms with Gasteiger partial charge in [-0.3, -0.25) is 24.8 Å². The lowest BCUT2D eigenvalue weighted by Crippen LogP contribution is -2.21. The van der Waals surface area contributed by atoms with E-state index in [1.165, 1.54) is 12.1 Å². The Labute approximate surface area is 246 Å². The minimum absolute atomic E-state index is 0.0455. The van der Waals surface area contributed by atoms with Crippen LogP contribution in [0.15, 0.2) is 67.3 Å². The molecule has 13 heteroatoms. The third-order valence-corrected chi connectivity index (χ3v) is 7.51. The molecule has 6 rings (SSSR count). The van der Waals surface area contributed by atoms with Crippen LogP contribution in [-0.2, 0) is 21.4 Å². The Morgan fingerprint density at radius 2 is 1.77 bits per heavy atom. The van der Waals surface area contributed by atoms with E-state index in [2.05, 4.69) is 40.2 Å². The molecule has 0 bridgehead atoms. The minimum Gasteiger partial charge on any atom is -0.353 e. The highest BCUT2D eigenvalue weighted by Gasteiger charge is 2.17. The first-order valence-corrected chi connectivity index (χ1v) is 15.3. The number of rotatable bonds is 8. The van der Waals surface area contributed by atoms with Crippen LogP contribution in [0.5, 0.6) is 0 Å². The number of pyridine rings is 3. The largest absolute Gasteiger partial charge is 0.353 e. The van der Waals surface area contributed by atoms with Crippen LogP contribution < -0.4 is 10.0 Å². The minimum atomic E-state index is -3.45. The number of hydrogen-bond donors (Lipinski definition) is 4. The fourth-order valence-electron chi connectivity index (χ4n) is 4.73. The normalized spacial score (nSPS) is 11.9. The summed E-state index contributed by atoms with van der Waals surface area (Å²) < 4.78 is 40.1.